The number of rotatable bonds is 4. The summed E-state index contributed by atoms with van der Waals surface area (Å²) < 4.78 is 53.5. The van der Waals surface area contributed by atoms with Gasteiger partial charge >= 0.3 is 6.18 Å². The number of carbonyl (C=O) groups is 2. The van der Waals surface area contributed by atoms with Crippen LogP contribution < -0.4 is 16.8 Å². The molecule has 3 rings (SSSR count). The SMILES string of the molecule is NC(=O)c1ncn(-c2ccc(NC(=O)c3cc(C(F)(F)F)ccc3F)cc2)c1N. The summed E-state index contributed by atoms with van der Waals surface area (Å²) in [5.41, 5.74) is 9.63. The smallest absolute Gasteiger partial charge is 0.383 e. The highest BCUT2D eigenvalue weighted by Crippen LogP contribution is 2.30. The Hall–Kier alpha value is -3.89. The van der Waals surface area contributed by atoms with Crippen molar-refractivity contribution in [3.63, 3.8) is 0 Å². The van der Waals surface area contributed by atoms with Crippen LogP contribution in [0.15, 0.2) is 48.8 Å². The lowest BCUT2D eigenvalue weighted by atomic mass is 10.1. The van der Waals surface area contributed by atoms with Crippen molar-refractivity contribution in [1.82, 2.24) is 9.55 Å². The first-order valence-electron chi connectivity index (χ1n) is 7.99. The van der Waals surface area contributed by atoms with E-state index >= 15 is 0 Å². The maximum absolute atomic E-state index is 13.8. The lowest BCUT2D eigenvalue weighted by Crippen LogP contribution is -2.16. The first-order valence-corrected chi connectivity index (χ1v) is 7.99. The zero-order valence-corrected chi connectivity index (χ0v) is 14.5. The van der Waals surface area contributed by atoms with Crippen molar-refractivity contribution in [3.8, 4) is 5.69 Å². The fourth-order valence-corrected chi connectivity index (χ4v) is 2.53. The Balaban J connectivity index is 1.82. The number of benzene rings is 2. The van der Waals surface area contributed by atoms with E-state index in [0.717, 1.165) is 0 Å². The molecule has 2 aromatic carbocycles. The molecule has 0 aliphatic heterocycles. The van der Waals surface area contributed by atoms with E-state index in [1.807, 2.05) is 0 Å². The van der Waals surface area contributed by atoms with Crippen molar-refractivity contribution in [2.24, 2.45) is 5.73 Å². The number of nitrogens with two attached hydrogens (primary N) is 2. The molecule has 0 fully saturated rings. The Morgan fingerprint density at radius 3 is 2.28 bits per heavy atom. The van der Waals surface area contributed by atoms with Gasteiger partial charge in [0.25, 0.3) is 11.8 Å². The van der Waals surface area contributed by atoms with Gasteiger partial charge in [0.1, 0.15) is 18.0 Å². The minimum absolute atomic E-state index is 0.0142. The molecule has 0 bridgehead atoms. The van der Waals surface area contributed by atoms with E-state index in [9.17, 15) is 27.2 Å². The van der Waals surface area contributed by atoms with Crippen molar-refractivity contribution in [2.75, 3.05) is 11.1 Å². The van der Waals surface area contributed by atoms with Gasteiger partial charge < -0.3 is 16.8 Å². The third-order valence-electron chi connectivity index (χ3n) is 3.98. The molecule has 11 heteroatoms. The number of hydrogen-bond acceptors (Lipinski definition) is 4. The molecule has 7 nitrogen and oxygen atoms in total. The van der Waals surface area contributed by atoms with Crippen LogP contribution in [0.1, 0.15) is 26.4 Å². The number of nitrogens with zero attached hydrogens (tertiary/aromatic N) is 2. The molecule has 0 saturated heterocycles. The summed E-state index contributed by atoms with van der Waals surface area (Å²) >= 11 is 0. The molecular weight excluding hydrogens is 394 g/mol. The Morgan fingerprint density at radius 1 is 1.07 bits per heavy atom. The topological polar surface area (TPSA) is 116 Å². The molecule has 0 unspecified atom stereocenters. The minimum atomic E-state index is -4.71. The maximum Gasteiger partial charge on any atom is 0.416 e. The van der Waals surface area contributed by atoms with E-state index in [0.29, 0.717) is 23.9 Å². The highest BCUT2D eigenvalue weighted by Gasteiger charge is 2.32. The number of amides is 2. The van der Waals surface area contributed by atoms with Crippen LogP contribution in [0.4, 0.5) is 29.1 Å². The fraction of sp³-hybridized carbons (Fsp3) is 0.0556. The first kappa shape index (κ1) is 19.9. The second-order valence-electron chi connectivity index (χ2n) is 5.91. The predicted octanol–water partition coefficient (Wildman–Crippen LogP) is 2.96. The molecule has 5 N–H and O–H groups in total. The summed E-state index contributed by atoms with van der Waals surface area (Å²) in [7, 11) is 0. The van der Waals surface area contributed by atoms with E-state index in [4.69, 9.17) is 11.5 Å². The van der Waals surface area contributed by atoms with Gasteiger partial charge in [0.05, 0.1) is 11.1 Å². The second kappa shape index (κ2) is 7.26. The Bertz CT molecular complexity index is 1090. The molecule has 29 heavy (non-hydrogen) atoms. The van der Waals surface area contributed by atoms with E-state index < -0.39 is 34.9 Å². The molecule has 1 heterocycles. The molecule has 0 spiro atoms. The van der Waals surface area contributed by atoms with Crippen molar-refractivity contribution >= 4 is 23.3 Å². The normalized spacial score (nSPS) is 11.3. The van der Waals surface area contributed by atoms with Crippen LogP contribution in [0, 0.1) is 5.82 Å². The minimum Gasteiger partial charge on any atom is -0.383 e. The summed E-state index contributed by atoms with van der Waals surface area (Å²) in [6.07, 6.45) is -3.43. The van der Waals surface area contributed by atoms with Gasteiger partial charge in [-0.05, 0) is 42.5 Å². The molecule has 0 radical (unpaired) electrons. The molecule has 150 valence electrons. The average Bonchev–Trinajstić information content (AvgIpc) is 3.03. The summed E-state index contributed by atoms with van der Waals surface area (Å²) in [5.74, 6) is -2.91. The van der Waals surface area contributed by atoms with Gasteiger partial charge in [-0.1, -0.05) is 0 Å². The number of nitrogen functional groups attached to an aromatic ring is 1. The standard InChI is InChI=1S/C18H13F4N5O2/c19-13-6-1-9(18(20,21)22)7-12(13)17(29)26-10-2-4-11(5-3-10)27-8-25-14(15(27)23)16(24)28/h1-8H,23H2,(H2,24,28)(H,26,29). The van der Waals surface area contributed by atoms with Crippen molar-refractivity contribution in [1.29, 1.82) is 0 Å². The Morgan fingerprint density at radius 2 is 1.72 bits per heavy atom. The van der Waals surface area contributed by atoms with Gasteiger partial charge in [-0.2, -0.15) is 13.2 Å². The van der Waals surface area contributed by atoms with E-state index in [2.05, 4.69) is 10.3 Å². The molecule has 1 aromatic heterocycles. The third-order valence-corrected chi connectivity index (χ3v) is 3.98. The molecule has 0 saturated carbocycles. The largest absolute Gasteiger partial charge is 0.416 e. The number of aromatic nitrogens is 2. The summed E-state index contributed by atoms with van der Waals surface area (Å²) in [5, 5.41) is 2.32. The predicted molar refractivity (Wildman–Crippen MR) is 95.8 cm³/mol. The number of carbonyl (C=O) groups excluding carboxylic acids is 2. The fourth-order valence-electron chi connectivity index (χ4n) is 2.53. The summed E-state index contributed by atoms with van der Waals surface area (Å²) in [6, 6.07) is 7.42. The van der Waals surface area contributed by atoms with Crippen LogP contribution in [0.2, 0.25) is 0 Å². The number of anilines is 2. The lowest BCUT2D eigenvalue weighted by Gasteiger charge is -2.11. The van der Waals surface area contributed by atoms with Crippen LogP contribution in [0.5, 0.6) is 0 Å². The van der Waals surface area contributed by atoms with Crippen molar-refractivity contribution < 1.29 is 27.2 Å². The highest BCUT2D eigenvalue weighted by molar-refractivity contribution is 6.04. The maximum atomic E-state index is 13.8. The number of halogens is 4. The quantitative estimate of drug-likeness (QED) is 0.577. The summed E-state index contributed by atoms with van der Waals surface area (Å²) in [6.45, 7) is 0. The van der Waals surface area contributed by atoms with E-state index in [1.165, 1.54) is 35.2 Å². The lowest BCUT2D eigenvalue weighted by molar-refractivity contribution is -0.137. The molecule has 0 aliphatic rings. The van der Waals surface area contributed by atoms with Gasteiger partial charge in [-0.25, -0.2) is 9.37 Å². The van der Waals surface area contributed by atoms with E-state index in [1.54, 1.807) is 0 Å². The van der Waals surface area contributed by atoms with Gasteiger partial charge in [-0.3, -0.25) is 14.2 Å². The number of nitrogens with one attached hydrogen (secondary N) is 1. The number of alkyl halides is 3. The average molecular weight is 407 g/mol. The molecule has 2 amide bonds. The zero-order chi connectivity index (χ0) is 21.3. The van der Waals surface area contributed by atoms with Crippen molar-refractivity contribution in [3.05, 3.63) is 71.4 Å². The van der Waals surface area contributed by atoms with Crippen LogP contribution in [0.3, 0.4) is 0 Å². The Kier molecular flexibility index (Phi) is 4.97. The zero-order valence-electron chi connectivity index (χ0n) is 14.5. The third kappa shape index (κ3) is 4.03. The summed E-state index contributed by atoms with van der Waals surface area (Å²) in [4.78, 5) is 27.2. The van der Waals surface area contributed by atoms with Crippen LogP contribution >= 0.6 is 0 Å². The highest BCUT2D eigenvalue weighted by atomic mass is 19.4. The molecule has 0 aliphatic carbocycles. The molecular formula is C18H13F4N5O2. The molecule has 0 atom stereocenters. The Labute approximate surface area is 160 Å². The van der Waals surface area contributed by atoms with Gasteiger partial charge in [0.15, 0.2) is 5.69 Å². The number of imidazole rings is 1. The van der Waals surface area contributed by atoms with Gasteiger partial charge in [0, 0.05) is 11.4 Å². The van der Waals surface area contributed by atoms with E-state index in [-0.39, 0.29) is 17.2 Å². The number of hydrogen-bond donors (Lipinski definition) is 3. The van der Waals surface area contributed by atoms with Crippen LogP contribution in [0.25, 0.3) is 5.69 Å². The number of primary amides is 1. The second-order valence-corrected chi connectivity index (χ2v) is 5.91. The monoisotopic (exact) mass is 407 g/mol. The molecule has 3 aromatic rings. The van der Waals surface area contributed by atoms with Crippen LogP contribution in [-0.4, -0.2) is 21.4 Å². The first-order chi connectivity index (χ1) is 13.6. The van der Waals surface area contributed by atoms with Gasteiger partial charge in [-0.15, -0.1) is 0 Å². The van der Waals surface area contributed by atoms with Crippen LogP contribution in [-0.2, 0) is 6.18 Å². The van der Waals surface area contributed by atoms with Crippen molar-refractivity contribution in [2.45, 2.75) is 6.18 Å². The van der Waals surface area contributed by atoms with Gasteiger partial charge in [0.2, 0.25) is 0 Å².